The minimum absolute atomic E-state index is 0.117. The lowest BCUT2D eigenvalue weighted by Gasteiger charge is -2.32. The van der Waals surface area contributed by atoms with Gasteiger partial charge in [-0.05, 0) is 56.3 Å². The third-order valence-corrected chi connectivity index (χ3v) is 7.16. The lowest BCUT2D eigenvalue weighted by molar-refractivity contribution is 0.0638. The van der Waals surface area contributed by atoms with Crippen molar-refractivity contribution in [2.24, 2.45) is 0 Å². The standard InChI is InChI=1S/C26H32N4O5S/c1-26(2,3)29(4)24(31)23-28-21(20-8-7-13-36-20)22-17-15-19(35-12-10-27-25(32)34-6)18(33-5)14-16(17)9-11-30(22)23/h7-8,13-15H,9-12H2,1-6H3,(H,27,32). The highest BCUT2D eigenvalue weighted by Gasteiger charge is 2.33. The van der Waals surface area contributed by atoms with Gasteiger partial charge in [0.2, 0.25) is 0 Å². The fourth-order valence-corrected chi connectivity index (χ4v) is 4.78. The van der Waals surface area contributed by atoms with E-state index in [1.165, 1.54) is 7.11 Å². The number of amides is 2. The van der Waals surface area contributed by atoms with Crippen LogP contribution < -0.4 is 14.8 Å². The largest absolute Gasteiger partial charge is 0.493 e. The minimum Gasteiger partial charge on any atom is -0.493 e. The number of nitrogens with zero attached hydrogens (tertiary/aromatic N) is 3. The van der Waals surface area contributed by atoms with Crippen molar-refractivity contribution in [3.63, 3.8) is 0 Å². The molecular formula is C26H32N4O5S. The Balaban J connectivity index is 1.78. The summed E-state index contributed by atoms with van der Waals surface area (Å²) in [5, 5.41) is 4.61. The number of carbonyl (C=O) groups excluding carboxylic acids is 2. The van der Waals surface area contributed by atoms with E-state index in [2.05, 4.69) is 10.1 Å². The molecule has 0 saturated carbocycles. The average molecular weight is 513 g/mol. The predicted molar refractivity (Wildman–Crippen MR) is 139 cm³/mol. The number of ether oxygens (including phenoxy) is 3. The monoisotopic (exact) mass is 512 g/mol. The van der Waals surface area contributed by atoms with Gasteiger partial charge in [-0.3, -0.25) is 4.79 Å². The lowest BCUT2D eigenvalue weighted by atomic mass is 9.96. The van der Waals surface area contributed by atoms with Crippen LogP contribution in [0.4, 0.5) is 4.79 Å². The molecule has 10 heteroatoms. The molecule has 1 aliphatic heterocycles. The van der Waals surface area contributed by atoms with Crippen molar-refractivity contribution in [2.75, 3.05) is 34.4 Å². The van der Waals surface area contributed by atoms with Gasteiger partial charge in [-0.1, -0.05) is 6.07 Å². The van der Waals surface area contributed by atoms with E-state index in [9.17, 15) is 9.59 Å². The van der Waals surface area contributed by atoms with Crippen molar-refractivity contribution in [2.45, 2.75) is 39.3 Å². The molecule has 1 aromatic carbocycles. The molecule has 9 nitrogen and oxygen atoms in total. The van der Waals surface area contributed by atoms with Crippen molar-refractivity contribution < 1.29 is 23.8 Å². The molecule has 0 atom stereocenters. The molecule has 4 rings (SSSR count). The summed E-state index contributed by atoms with van der Waals surface area (Å²) >= 11 is 1.59. The van der Waals surface area contributed by atoms with Crippen LogP contribution in [0, 0.1) is 0 Å². The van der Waals surface area contributed by atoms with Crippen LogP contribution in [0.3, 0.4) is 0 Å². The molecule has 2 amide bonds. The van der Waals surface area contributed by atoms with Crippen LogP contribution in [0.15, 0.2) is 29.6 Å². The summed E-state index contributed by atoms with van der Waals surface area (Å²) in [5.74, 6) is 1.47. The molecule has 36 heavy (non-hydrogen) atoms. The van der Waals surface area contributed by atoms with E-state index < -0.39 is 6.09 Å². The Hall–Kier alpha value is -3.53. The van der Waals surface area contributed by atoms with Gasteiger partial charge in [0, 0.05) is 24.7 Å². The second kappa shape index (κ2) is 10.2. The van der Waals surface area contributed by atoms with Gasteiger partial charge in [0.25, 0.3) is 5.91 Å². The third kappa shape index (κ3) is 4.90. The van der Waals surface area contributed by atoms with E-state index in [0.29, 0.717) is 23.9 Å². The molecule has 0 bridgehead atoms. The summed E-state index contributed by atoms with van der Waals surface area (Å²) in [6, 6.07) is 7.92. The van der Waals surface area contributed by atoms with Crippen molar-refractivity contribution in [1.29, 1.82) is 0 Å². The number of aryl methyl sites for hydroxylation is 1. The number of methoxy groups -OCH3 is 2. The highest BCUT2D eigenvalue weighted by molar-refractivity contribution is 7.13. The van der Waals surface area contributed by atoms with E-state index >= 15 is 0 Å². The Morgan fingerprint density at radius 3 is 2.64 bits per heavy atom. The molecule has 0 fully saturated rings. The maximum absolute atomic E-state index is 13.5. The smallest absolute Gasteiger partial charge is 0.406 e. The summed E-state index contributed by atoms with van der Waals surface area (Å²) in [6.07, 6.45) is 0.209. The molecule has 192 valence electrons. The fraction of sp³-hybridized carbons (Fsp3) is 0.423. The van der Waals surface area contributed by atoms with Crippen LogP contribution in [-0.4, -0.2) is 66.4 Å². The zero-order chi connectivity index (χ0) is 26.0. The van der Waals surface area contributed by atoms with Crippen LogP contribution >= 0.6 is 11.3 Å². The molecule has 1 N–H and O–H groups in total. The summed E-state index contributed by atoms with van der Waals surface area (Å²) < 4.78 is 18.2. The average Bonchev–Trinajstić information content (AvgIpc) is 3.52. The second-order valence-corrected chi connectivity index (χ2v) is 10.4. The topological polar surface area (TPSA) is 94.9 Å². The number of rotatable bonds is 7. The summed E-state index contributed by atoms with van der Waals surface area (Å²) in [5.41, 5.74) is 3.38. The first-order valence-electron chi connectivity index (χ1n) is 11.7. The summed E-state index contributed by atoms with van der Waals surface area (Å²) in [7, 11) is 4.73. The van der Waals surface area contributed by atoms with Crippen molar-refractivity contribution in [3.05, 3.63) is 41.0 Å². The van der Waals surface area contributed by atoms with Crippen LogP contribution in [0.2, 0.25) is 0 Å². The molecule has 3 heterocycles. The Morgan fingerprint density at radius 1 is 1.22 bits per heavy atom. The number of hydrogen-bond donors (Lipinski definition) is 1. The summed E-state index contributed by atoms with van der Waals surface area (Å²) in [6.45, 7) is 7.17. The zero-order valence-electron chi connectivity index (χ0n) is 21.5. The Morgan fingerprint density at radius 2 is 2.00 bits per heavy atom. The van der Waals surface area contributed by atoms with E-state index in [1.807, 2.05) is 62.0 Å². The second-order valence-electron chi connectivity index (χ2n) is 9.47. The van der Waals surface area contributed by atoms with Crippen LogP contribution in [-0.2, 0) is 17.7 Å². The highest BCUT2D eigenvalue weighted by atomic mass is 32.1. The van der Waals surface area contributed by atoms with Gasteiger partial charge in [0.05, 0.1) is 31.3 Å². The van der Waals surface area contributed by atoms with Gasteiger partial charge in [-0.25, -0.2) is 9.78 Å². The Bertz CT molecular complexity index is 1260. The minimum atomic E-state index is -0.516. The quantitative estimate of drug-likeness (QED) is 0.470. The van der Waals surface area contributed by atoms with Crippen molar-refractivity contribution >= 4 is 23.3 Å². The molecular weight excluding hydrogens is 480 g/mol. The van der Waals surface area contributed by atoms with Gasteiger partial charge in [-0.15, -0.1) is 11.3 Å². The Labute approximate surface area is 215 Å². The van der Waals surface area contributed by atoms with Crippen LogP contribution in [0.25, 0.3) is 21.8 Å². The first-order valence-corrected chi connectivity index (χ1v) is 12.6. The van der Waals surface area contributed by atoms with E-state index in [0.717, 1.165) is 33.8 Å². The fourth-order valence-electron chi connectivity index (χ4n) is 4.07. The molecule has 0 aliphatic carbocycles. The molecule has 0 radical (unpaired) electrons. The zero-order valence-corrected chi connectivity index (χ0v) is 22.3. The number of alkyl carbamates (subject to hydrolysis) is 1. The molecule has 0 saturated heterocycles. The molecule has 0 spiro atoms. The normalized spacial score (nSPS) is 12.4. The third-order valence-electron chi connectivity index (χ3n) is 6.29. The van der Waals surface area contributed by atoms with Crippen molar-refractivity contribution in [3.8, 4) is 33.3 Å². The van der Waals surface area contributed by atoms with E-state index in [1.54, 1.807) is 23.3 Å². The number of hydrogen-bond acceptors (Lipinski definition) is 7. The number of imidazole rings is 1. The summed E-state index contributed by atoms with van der Waals surface area (Å²) in [4.78, 5) is 32.5. The first-order chi connectivity index (χ1) is 17.2. The number of fused-ring (bicyclic) bond motifs is 3. The van der Waals surface area contributed by atoms with Crippen LogP contribution in [0.1, 0.15) is 37.0 Å². The van der Waals surface area contributed by atoms with E-state index in [-0.39, 0.29) is 24.6 Å². The van der Waals surface area contributed by atoms with Gasteiger partial charge >= 0.3 is 6.09 Å². The number of aromatic nitrogens is 2. The molecule has 2 aromatic heterocycles. The lowest BCUT2D eigenvalue weighted by Crippen LogP contribution is -2.43. The number of benzene rings is 1. The Kier molecular flexibility index (Phi) is 7.26. The molecule has 3 aromatic rings. The number of thiophene rings is 1. The number of carbonyl (C=O) groups is 2. The van der Waals surface area contributed by atoms with Crippen LogP contribution in [0.5, 0.6) is 11.5 Å². The highest BCUT2D eigenvalue weighted by Crippen LogP contribution is 2.44. The number of nitrogens with one attached hydrogen (secondary N) is 1. The molecule has 0 unspecified atom stereocenters. The van der Waals surface area contributed by atoms with Gasteiger partial charge in [0.15, 0.2) is 17.3 Å². The maximum Gasteiger partial charge on any atom is 0.406 e. The van der Waals surface area contributed by atoms with Gasteiger partial charge < -0.3 is 29.0 Å². The van der Waals surface area contributed by atoms with Gasteiger partial charge in [0.1, 0.15) is 12.3 Å². The first kappa shape index (κ1) is 25.6. The SMILES string of the molecule is COC(=O)NCCOc1cc2c(cc1OC)CCn1c(C(=O)N(C)C(C)(C)C)nc(-c3cccs3)c1-2. The van der Waals surface area contributed by atoms with E-state index in [4.69, 9.17) is 14.5 Å². The van der Waals surface area contributed by atoms with Crippen molar-refractivity contribution in [1.82, 2.24) is 19.8 Å². The predicted octanol–water partition coefficient (Wildman–Crippen LogP) is 4.45. The maximum atomic E-state index is 13.5. The van der Waals surface area contributed by atoms with Gasteiger partial charge in [-0.2, -0.15) is 0 Å². The molecule has 1 aliphatic rings.